The van der Waals surface area contributed by atoms with Gasteiger partial charge in [-0.3, -0.25) is 4.90 Å². The number of rotatable bonds is 4. The highest BCUT2D eigenvalue weighted by molar-refractivity contribution is 5.47. The number of hydrogen-bond acceptors (Lipinski definition) is 5. The van der Waals surface area contributed by atoms with E-state index in [2.05, 4.69) is 54.6 Å². The maximum atomic E-state index is 10.7. The van der Waals surface area contributed by atoms with Gasteiger partial charge in [0.15, 0.2) is 6.20 Å². The molecular weight excluding hydrogens is 328 g/mol. The highest BCUT2D eigenvalue weighted by Crippen LogP contribution is 2.29. The van der Waals surface area contributed by atoms with Crippen molar-refractivity contribution >= 4 is 11.5 Å². The second-order valence-corrected chi connectivity index (χ2v) is 7.14. The van der Waals surface area contributed by atoms with Crippen LogP contribution in [0, 0.1) is 30.9 Å². The molecule has 6 heteroatoms. The zero-order chi connectivity index (χ0) is 18.8. The molecular formula is C20H26N4O2. The molecule has 0 spiro atoms. The van der Waals surface area contributed by atoms with Crippen molar-refractivity contribution in [3.05, 3.63) is 62.8 Å². The zero-order valence-corrected chi connectivity index (χ0v) is 15.9. The number of nitrogens with zero attached hydrogens (tertiary/aromatic N) is 4. The lowest BCUT2D eigenvalue weighted by Gasteiger charge is -2.39. The maximum Gasteiger partial charge on any atom is 0.363 e. The minimum absolute atomic E-state index is 0.105. The lowest BCUT2D eigenvalue weighted by molar-refractivity contribution is -0.389. The molecule has 0 radical (unpaired) electrons. The van der Waals surface area contributed by atoms with Gasteiger partial charge in [-0.25, -0.2) is 0 Å². The van der Waals surface area contributed by atoms with Crippen molar-refractivity contribution in [3.63, 3.8) is 0 Å². The van der Waals surface area contributed by atoms with Crippen LogP contribution < -0.4 is 4.90 Å². The first-order chi connectivity index (χ1) is 12.4. The first-order valence-corrected chi connectivity index (χ1v) is 9.04. The molecule has 2 aromatic rings. The Morgan fingerprint density at radius 3 is 2.19 bits per heavy atom. The molecule has 6 nitrogen and oxygen atoms in total. The van der Waals surface area contributed by atoms with Crippen molar-refractivity contribution in [1.29, 1.82) is 0 Å². The summed E-state index contributed by atoms with van der Waals surface area (Å²) >= 11 is 0. The summed E-state index contributed by atoms with van der Waals surface area (Å²) in [5, 5.41) is 10.7. The zero-order valence-electron chi connectivity index (χ0n) is 15.9. The third-order valence-electron chi connectivity index (χ3n) is 5.30. The summed E-state index contributed by atoms with van der Waals surface area (Å²) in [5.74, 6) is -0.105. The number of pyridine rings is 1. The Bertz CT molecular complexity index is 773. The Morgan fingerprint density at radius 1 is 1.08 bits per heavy atom. The molecule has 0 N–H and O–H groups in total. The largest absolute Gasteiger partial charge is 0.366 e. The molecule has 1 aliphatic heterocycles. The summed E-state index contributed by atoms with van der Waals surface area (Å²) in [4.78, 5) is 19.0. The average Bonchev–Trinajstić information content (AvgIpc) is 2.61. The van der Waals surface area contributed by atoms with E-state index in [1.54, 1.807) is 12.3 Å². The van der Waals surface area contributed by atoms with Gasteiger partial charge < -0.3 is 15.0 Å². The Kier molecular flexibility index (Phi) is 5.23. The molecule has 138 valence electrons. The van der Waals surface area contributed by atoms with Gasteiger partial charge in [-0.2, -0.15) is 0 Å². The van der Waals surface area contributed by atoms with E-state index < -0.39 is 4.92 Å². The van der Waals surface area contributed by atoms with Crippen LogP contribution in [-0.4, -0.2) is 41.0 Å². The highest BCUT2D eigenvalue weighted by atomic mass is 16.6. The monoisotopic (exact) mass is 354 g/mol. The fraction of sp³-hybridized carbons (Fsp3) is 0.450. The molecule has 1 aromatic heterocycles. The van der Waals surface area contributed by atoms with Gasteiger partial charge in [0.2, 0.25) is 0 Å². The van der Waals surface area contributed by atoms with Crippen LogP contribution in [0.5, 0.6) is 0 Å². The van der Waals surface area contributed by atoms with Crippen LogP contribution in [0.1, 0.15) is 35.2 Å². The summed E-state index contributed by atoms with van der Waals surface area (Å²) in [5.41, 5.74) is 6.41. The van der Waals surface area contributed by atoms with Crippen molar-refractivity contribution in [1.82, 2.24) is 9.88 Å². The minimum Gasteiger partial charge on any atom is -0.366 e. The molecule has 3 rings (SSSR count). The standard InChI is InChI=1S/C20H26N4O2/c1-14-11-15(2)20(16(3)12-14)17(4)22-7-9-23(10-8-22)18-5-6-19(21-13-18)24(25)26/h5-6,11-13,17H,7-10H2,1-4H3/t17-/m0/s1. The fourth-order valence-corrected chi connectivity index (χ4v) is 4.07. The van der Waals surface area contributed by atoms with Gasteiger partial charge >= 0.3 is 5.82 Å². The molecule has 1 saturated heterocycles. The number of benzene rings is 1. The van der Waals surface area contributed by atoms with Crippen LogP contribution in [-0.2, 0) is 0 Å². The van der Waals surface area contributed by atoms with E-state index in [-0.39, 0.29) is 5.82 Å². The van der Waals surface area contributed by atoms with Gasteiger partial charge in [-0.05, 0) is 60.4 Å². The molecule has 0 aliphatic carbocycles. The molecule has 0 bridgehead atoms. The van der Waals surface area contributed by atoms with E-state index in [0.29, 0.717) is 6.04 Å². The van der Waals surface area contributed by atoms with Crippen molar-refractivity contribution < 1.29 is 4.92 Å². The van der Waals surface area contributed by atoms with E-state index in [0.717, 1.165) is 31.9 Å². The maximum absolute atomic E-state index is 10.7. The molecule has 1 fully saturated rings. The Morgan fingerprint density at radius 2 is 1.69 bits per heavy atom. The van der Waals surface area contributed by atoms with E-state index in [9.17, 15) is 10.1 Å². The van der Waals surface area contributed by atoms with Gasteiger partial charge in [0.25, 0.3) is 0 Å². The van der Waals surface area contributed by atoms with E-state index >= 15 is 0 Å². The Balaban J connectivity index is 1.67. The number of nitro groups is 1. The summed E-state index contributed by atoms with van der Waals surface area (Å²) in [6, 6.07) is 8.17. The summed E-state index contributed by atoms with van der Waals surface area (Å²) in [6.45, 7) is 12.5. The van der Waals surface area contributed by atoms with Crippen LogP contribution >= 0.6 is 0 Å². The second kappa shape index (κ2) is 7.41. The molecule has 1 aliphatic rings. The number of anilines is 1. The van der Waals surface area contributed by atoms with Crippen LogP contribution in [0.4, 0.5) is 11.5 Å². The number of aromatic nitrogens is 1. The number of hydrogen-bond donors (Lipinski definition) is 0. The predicted molar refractivity (Wildman–Crippen MR) is 104 cm³/mol. The lowest BCUT2D eigenvalue weighted by atomic mass is 9.93. The van der Waals surface area contributed by atoms with Crippen molar-refractivity contribution in [2.45, 2.75) is 33.7 Å². The molecule has 0 unspecified atom stereocenters. The predicted octanol–water partition coefficient (Wildman–Crippen LogP) is 3.80. The molecule has 1 aromatic carbocycles. The van der Waals surface area contributed by atoms with Gasteiger partial charge in [0, 0.05) is 38.3 Å². The van der Waals surface area contributed by atoms with Crippen molar-refractivity contribution in [2.75, 3.05) is 31.1 Å². The smallest absolute Gasteiger partial charge is 0.363 e. The van der Waals surface area contributed by atoms with Crippen molar-refractivity contribution in [3.8, 4) is 0 Å². The lowest BCUT2D eigenvalue weighted by Crippen LogP contribution is -2.47. The molecule has 0 saturated carbocycles. The number of piperazine rings is 1. The summed E-state index contributed by atoms with van der Waals surface area (Å²) in [6.07, 6.45) is 1.60. The minimum atomic E-state index is -0.463. The van der Waals surface area contributed by atoms with Crippen LogP contribution in [0.15, 0.2) is 30.5 Å². The topological polar surface area (TPSA) is 62.5 Å². The van der Waals surface area contributed by atoms with Gasteiger partial charge in [0.1, 0.15) is 0 Å². The van der Waals surface area contributed by atoms with Crippen LogP contribution in [0.2, 0.25) is 0 Å². The van der Waals surface area contributed by atoms with Crippen LogP contribution in [0.3, 0.4) is 0 Å². The normalized spacial score (nSPS) is 16.5. The third-order valence-corrected chi connectivity index (χ3v) is 5.30. The first-order valence-electron chi connectivity index (χ1n) is 9.04. The summed E-state index contributed by atoms with van der Waals surface area (Å²) in [7, 11) is 0. The van der Waals surface area contributed by atoms with Crippen LogP contribution in [0.25, 0.3) is 0 Å². The average molecular weight is 354 g/mol. The molecule has 0 amide bonds. The number of aryl methyl sites for hydroxylation is 3. The van der Waals surface area contributed by atoms with E-state index in [1.807, 2.05) is 0 Å². The van der Waals surface area contributed by atoms with Gasteiger partial charge in [-0.15, -0.1) is 0 Å². The van der Waals surface area contributed by atoms with Gasteiger partial charge in [0.05, 0.1) is 5.69 Å². The van der Waals surface area contributed by atoms with E-state index in [4.69, 9.17) is 0 Å². The Labute approximate surface area is 154 Å². The SMILES string of the molecule is Cc1cc(C)c([C@H](C)N2CCN(c3ccc([N+](=O)[O-])nc3)CC2)c(C)c1. The van der Waals surface area contributed by atoms with E-state index in [1.165, 1.54) is 28.3 Å². The third kappa shape index (κ3) is 3.70. The molecule has 2 heterocycles. The summed E-state index contributed by atoms with van der Waals surface area (Å²) < 4.78 is 0. The quantitative estimate of drug-likeness (QED) is 0.617. The van der Waals surface area contributed by atoms with Gasteiger partial charge in [-0.1, -0.05) is 17.7 Å². The van der Waals surface area contributed by atoms with Crippen molar-refractivity contribution in [2.24, 2.45) is 0 Å². The second-order valence-electron chi connectivity index (χ2n) is 7.14. The Hall–Kier alpha value is -2.47. The fourth-order valence-electron chi connectivity index (χ4n) is 4.07. The molecule has 1 atom stereocenters. The highest BCUT2D eigenvalue weighted by Gasteiger charge is 2.25. The first kappa shape index (κ1) is 18.3. The molecule has 26 heavy (non-hydrogen) atoms.